The summed E-state index contributed by atoms with van der Waals surface area (Å²) in [5.41, 5.74) is 0. The maximum absolute atomic E-state index is 12.9. The molecule has 0 fully saturated rings. The zero-order valence-electron chi connectivity index (χ0n) is 46.8. The molecule has 1 amide bonds. The fourth-order valence-corrected chi connectivity index (χ4v) is 8.36. The third kappa shape index (κ3) is 54.7. The Hall–Kier alpha value is -3.10. The van der Waals surface area contributed by atoms with E-state index in [9.17, 15) is 19.4 Å². The number of phosphoric ester groups is 1. The highest BCUT2D eigenvalue weighted by Crippen LogP contribution is 2.38. The zero-order chi connectivity index (χ0) is 52.7. The molecule has 9 heteroatoms. The molecule has 0 spiro atoms. The van der Waals surface area contributed by atoms with E-state index in [0.717, 1.165) is 96.3 Å². The Morgan fingerprint density at radius 2 is 0.861 bits per heavy atom. The van der Waals surface area contributed by atoms with E-state index >= 15 is 0 Å². The number of rotatable bonds is 51. The molecule has 0 bridgehead atoms. The molecule has 72 heavy (non-hydrogen) atoms. The lowest BCUT2D eigenvalue weighted by Crippen LogP contribution is -2.45. The van der Waals surface area contributed by atoms with Gasteiger partial charge in [-0.15, -0.1) is 0 Å². The molecule has 0 aliphatic heterocycles. The second-order valence-electron chi connectivity index (χ2n) is 20.2. The van der Waals surface area contributed by atoms with Gasteiger partial charge < -0.3 is 28.8 Å². The molecule has 0 radical (unpaired) electrons. The maximum Gasteiger partial charge on any atom is 0.268 e. The third-order valence-corrected chi connectivity index (χ3v) is 13.1. The van der Waals surface area contributed by atoms with Gasteiger partial charge in [-0.05, 0) is 103 Å². The van der Waals surface area contributed by atoms with Gasteiger partial charge in [0, 0.05) is 6.42 Å². The van der Waals surface area contributed by atoms with Crippen molar-refractivity contribution in [3.63, 3.8) is 0 Å². The van der Waals surface area contributed by atoms with Gasteiger partial charge in [0.2, 0.25) is 5.91 Å². The van der Waals surface area contributed by atoms with E-state index in [-0.39, 0.29) is 12.5 Å². The van der Waals surface area contributed by atoms with Gasteiger partial charge in [0.15, 0.2) is 0 Å². The molecule has 8 nitrogen and oxygen atoms in total. The first-order valence-corrected chi connectivity index (χ1v) is 30.4. The van der Waals surface area contributed by atoms with E-state index in [1.54, 1.807) is 6.08 Å². The standard InChI is InChI=1S/C63H109N2O6P/c1-6-8-10-12-14-16-18-20-22-23-24-25-26-27-28-29-30-31-32-33-34-35-36-37-38-39-40-41-43-45-47-49-51-53-55-57-63(67)64-61(60-71-72(68,69)70-59-58-65(3,4)5)62(66)56-54-52-50-48-46-44-42-21-19-17-15-13-11-9-7-2/h8,10,14,16,19-22,24-25,27-28,30-31,33-34,46,48,54,56,61-62,66H,6-7,9,11-13,15,17-18,23,26,29,32,35-45,47,49-53,55,57-60H2,1-5H3,(H-,64,67,68,69)/b10-8-,16-14-,21-19+,22-20-,25-24-,28-27-,31-30-,34-33-,48-46+,56-54+. The van der Waals surface area contributed by atoms with Crippen LogP contribution in [0.3, 0.4) is 0 Å². The second kappa shape index (κ2) is 52.8. The summed E-state index contributed by atoms with van der Waals surface area (Å²) in [6.07, 6.45) is 78.5. The van der Waals surface area contributed by atoms with Crippen LogP contribution in [-0.2, 0) is 18.4 Å². The number of amides is 1. The molecule has 412 valence electrons. The average molecular weight is 1020 g/mol. The van der Waals surface area contributed by atoms with Crippen LogP contribution in [0.15, 0.2) is 122 Å². The first-order valence-electron chi connectivity index (χ1n) is 28.9. The lowest BCUT2D eigenvalue weighted by Gasteiger charge is -2.29. The summed E-state index contributed by atoms with van der Waals surface area (Å²) in [6, 6.07) is -0.917. The van der Waals surface area contributed by atoms with Crippen LogP contribution < -0.4 is 10.2 Å². The van der Waals surface area contributed by atoms with Crippen LogP contribution in [-0.4, -0.2) is 68.5 Å². The smallest absolute Gasteiger partial charge is 0.268 e. The number of likely N-dealkylation sites (N-methyl/N-ethyl adjacent to an activating group) is 1. The van der Waals surface area contributed by atoms with Gasteiger partial charge in [-0.2, -0.15) is 0 Å². The van der Waals surface area contributed by atoms with Crippen LogP contribution in [0.25, 0.3) is 0 Å². The summed E-state index contributed by atoms with van der Waals surface area (Å²) in [5, 5.41) is 13.8. The van der Waals surface area contributed by atoms with Gasteiger partial charge >= 0.3 is 0 Å². The van der Waals surface area contributed by atoms with Gasteiger partial charge in [0.05, 0.1) is 39.9 Å². The monoisotopic (exact) mass is 1020 g/mol. The van der Waals surface area contributed by atoms with Crippen LogP contribution in [0.1, 0.15) is 219 Å². The van der Waals surface area contributed by atoms with E-state index in [2.05, 4.69) is 129 Å². The first kappa shape index (κ1) is 68.9. The van der Waals surface area contributed by atoms with Crippen molar-refractivity contribution in [1.82, 2.24) is 5.32 Å². The second-order valence-corrected chi connectivity index (χ2v) is 21.7. The van der Waals surface area contributed by atoms with Crippen molar-refractivity contribution < 1.29 is 32.9 Å². The lowest BCUT2D eigenvalue weighted by atomic mass is 10.0. The normalized spacial score (nSPS) is 14.8. The van der Waals surface area contributed by atoms with Crippen LogP contribution in [0, 0.1) is 0 Å². The number of quaternary nitrogens is 1. The van der Waals surface area contributed by atoms with Crippen molar-refractivity contribution >= 4 is 13.7 Å². The lowest BCUT2D eigenvalue weighted by molar-refractivity contribution is -0.870. The van der Waals surface area contributed by atoms with Gasteiger partial charge in [-0.3, -0.25) is 9.36 Å². The highest BCUT2D eigenvalue weighted by Gasteiger charge is 2.23. The minimum atomic E-state index is -4.61. The molecule has 0 saturated heterocycles. The molecular formula is C63H109N2O6P. The van der Waals surface area contributed by atoms with E-state index in [0.29, 0.717) is 17.4 Å². The Bertz CT molecular complexity index is 1580. The summed E-state index contributed by atoms with van der Waals surface area (Å²) in [7, 11) is 1.22. The molecule has 0 heterocycles. The van der Waals surface area contributed by atoms with Crippen LogP contribution >= 0.6 is 7.82 Å². The van der Waals surface area contributed by atoms with Crippen molar-refractivity contribution in [2.24, 2.45) is 0 Å². The Balaban J connectivity index is 4.15. The summed E-state index contributed by atoms with van der Waals surface area (Å²) in [5.74, 6) is -0.218. The van der Waals surface area contributed by atoms with Crippen molar-refractivity contribution in [2.45, 2.75) is 231 Å². The number of aliphatic hydroxyl groups is 1. The van der Waals surface area contributed by atoms with Crippen LogP contribution in [0.2, 0.25) is 0 Å². The predicted octanol–water partition coefficient (Wildman–Crippen LogP) is 17.1. The largest absolute Gasteiger partial charge is 0.756 e. The molecule has 0 aliphatic rings. The van der Waals surface area contributed by atoms with Crippen molar-refractivity contribution in [1.29, 1.82) is 0 Å². The van der Waals surface area contributed by atoms with Crippen molar-refractivity contribution in [3.05, 3.63) is 122 Å². The number of carbonyl (C=O) groups excluding carboxylic acids is 1. The number of carbonyl (C=O) groups is 1. The minimum absolute atomic E-state index is 0.0144. The molecule has 0 rings (SSSR count). The molecular weight excluding hydrogens is 912 g/mol. The predicted molar refractivity (Wildman–Crippen MR) is 311 cm³/mol. The Kier molecular flexibility index (Phi) is 50.5. The fraction of sp³-hybridized carbons (Fsp3) is 0.667. The number of hydrogen-bond acceptors (Lipinski definition) is 6. The molecule has 3 atom stereocenters. The Morgan fingerprint density at radius 3 is 1.29 bits per heavy atom. The van der Waals surface area contributed by atoms with E-state index in [1.807, 2.05) is 27.2 Å². The van der Waals surface area contributed by atoms with E-state index < -0.39 is 26.6 Å². The minimum Gasteiger partial charge on any atom is -0.756 e. The highest BCUT2D eigenvalue weighted by molar-refractivity contribution is 7.45. The summed E-state index contributed by atoms with van der Waals surface area (Å²) >= 11 is 0. The molecule has 0 aromatic heterocycles. The number of unbranched alkanes of at least 4 members (excludes halogenated alkanes) is 20. The van der Waals surface area contributed by atoms with Gasteiger partial charge in [-0.1, -0.05) is 232 Å². The molecule has 0 saturated carbocycles. The Labute approximate surface area is 444 Å². The zero-order valence-corrected chi connectivity index (χ0v) is 47.7. The Morgan fingerprint density at radius 1 is 0.500 bits per heavy atom. The van der Waals surface area contributed by atoms with Gasteiger partial charge in [0.1, 0.15) is 13.2 Å². The fourth-order valence-electron chi connectivity index (χ4n) is 7.63. The van der Waals surface area contributed by atoms with Crippen molar-refractivity contribution in [2.75, 3.05) is 40.9 Å². The number of allylic oxidation sites excluding steroid dienone is 19. The molecule has 0 aromatic carbocycles. The van der Waals surface area contributed by atoms with Gasteiger partial charge in [-0.25, -0.2) is 0 Å². The quantitative estimate of drug-likeness (QED) is 0.0272. The molecule has 0 aliphatic carbocycles. The summed E-state index contributed by atoms with van der Waals surface area (Å²) in [6.45, 7) is 4.47. The summed E-state index contributed by atoms with van der Waals surface area (Å²) in [4.78, 5) is 25.5. The topological polar surface area (TPSA) is 108 Å². The first-order chi connectivity index (χ1) is 35.0. The van der Waals surface area contributed by atoms with Gasteiger partial charge in [0.25, 0.3) is 7.82 Å². The van der Waals surface area contributed by atoms with Crippen LogP contribution in [0.4, 0.5) is 0 Å². The highest BCUT2D eigenvalue weighted by atomic mass is 31.2. The SMILES string of the molecule is CC/C=C\C/C=C\C/C=C\C/C=C\C/C=C\C/C=C\C/C=C\CCCCCCCCCCCCCCCC(=O)NC(COP(=O)([O-])OCC[N+](C)(C)C)C(O)/C=C/CC/C=C/CC/C=C/CCCCCCC. The number of hydrogen-bond donors (Lipinski definition) is 2. The summed E-state index contributed by atoms with van der Waals surface area (Å²) < 4.78 is 23.3. The van der Waals surface area contributed by atoms with E-state index in [1.165, 1.54) is 103 Å². The molecule has 0 aromatic rings. The van der Waals surface area contributed by atoms with E-state index in [4.69, 9.17) is 9.05 Å². The maximum atomic E-state index is 12.9. The third-order valence-electron chi connectivity index (χ3n) is 12.1. The average Bonchev–Trinajstić information content (AvgIpc) is 3.34. The van der Waals surface area contributed by atoms with Crippen LogP contribution in [0.5, 0.6) is 0 Å². The van der Waals surface area contributed by atoms with Crippen molar-refractivity contribution in [3.8, 4) is 0 Å². The molecule has 3 unspecified atom stereocenters. The number of phosphoric acid groups is 1. The number of aliphatic hydroxyl groups excluding tert-OH is 1. The molecule has 2 N–H and O–H groups in total. The number of nitrogens with zero attached hydrogens (tertiary/aromatic N) is 1. The number of nitrogens with one attached hydrogen (secondary N) is 1.